The van der Waals surface area contributed by atoms with Gasteiger partial charge in [-0.3, -0.25) is 4.90 Å². The van der Waals surface area contributed by atoms with Crippen molar-refractivity contribution in [2.45, 2.75) is 103 Å². The van der Waals surface area contributed by atoms with Crippen LogP contribution in [0.15, 0.2) is 48.5 Å². The first-order valence-corrected chi connectivity index (χ1v) is 13.2. The smallest absolute Gasteiger partial charge is 0.124 e. The van der Waals surface area contributed by atoms with E-state index in [2.05, 4.69) is 75.1 Å². The van der Waals surface area contributed by atoms with Crippen molar-refractivity contribution in [1.29, 1.82) is 0 Å². The summed E-state index contributed by atoms with van der Waals surface area (Å²) in [6.45, 7) is 11.8. The van der Waals surface area contributed by atoms with Gasteiger partial charge in [0.15, 0.2) is 0 Å². The molecule has 3 nitrogen and oxygen atoms in total. The molecule has 0 aliphatic carbocycles. The SMILES string of the molecule is CCCCCCC(C)(C)c1ccc([C@H]2C[C@@H](O)CCN2CCC)c(OCc2ccccc2)c1. The summed E-state index contributed by atoms with van der Waals surface area (Å²) in [7, 11) is 0. The zero-order valence-electron chi connectivity index (χ0n) is 21.4. The Morgan fingerprint density at radius 2 is 1.79 bits per heavy atom. The first-order chi connectivity index (χ1) is 15.9. The minimum absolute atomic E-state index is 0.117. The zero-order valence-corrected chi connectivity index (χ0v) is 21.4. The Hall–Kier alpha value is -1.84. The predicted molar refractivity (Wildman–Crippen MR) is 139 cm³/mol. The van der Waals surface area contributed by atoms with Gasteiger partial charge in [-0.2, -0.15) is 0 Å². The fourth-order valence-corrected chi connectivity index (χ4v) is 5.10. The first kappa shape index (κ1) is 25.8. The monoisotopic (exact) mass is 451 g/mol. The number of aliphatic hydroxyl groups is 1. The topological polar surface area (TPSA) is 32.7 Å². The average molecular weight is 452 g/mol. The molecule has 2 aromatic rings. The third-order valence-corrected chi connectivity index (χ3v) is 7.24. The van der Waals surface area contributed by atoms with Gasteiger partial charge in [-0.05, 0) is 54.8 Å². The van der Waals surface area contributed by atoms with E-state index in [9.17, 15) is 5.11 Å². The van der Waals surface area contributed by atoms with Gasteiger partial charge in [0.1, 0.15) is 12.4 Å². The molecule has 1 heterocycles. The van der Waals surface area contributed by atoms with Crippen LogP contribution in [0, 0.1) is 0 Å². The molecule has 0 bridgehead atoms. The summed E-state index contributed by atoms with van der Waals surface area (Å²) in [5.74, 6) is 0.984. The number of ether oxygens (including phenoxy) is 1. The van der Waals surface area contributed by atoms with E-state index in [0.29, 0.717) is 6.61 Å². The second kappa shape index (κ2) is 12.6. The van der Waals surface area contributed by atoms with Crippen molar-refractivity contribution in [2.24, 2.45) is 0 Å². The number of piperidine rings is 1. The van der Waals surface area contributed by atoms with Crippen LogP contribution < -0.4 is 4.74 Å². The Kier molecular flexibility index (Phi) is 9.82. The van der Waals surface area contributed by atoms with Crippen molar-refractivity contribution in [3.05, 3.63) is 65.2 Å². The van der Waals surface area contributed by atoms with Crippen LogP contribution in [0.25, 0.3) is 0 Å². The first-order valence-electron chi connectivity index (χ1n) is 13.2. The van der Waals surface area contributed by atoms with Gasteiger partial charge in [0.25, 0.3) is 0 Å². The Morgan fingerprint density at radius 3 is 2.52 bits per heavy atom. The molecule has 0 spiro atoms. The van der Waals surface area contributed by atoms with Crippen LogP contribution >= 0.6 is 0 Å². The van der Waals surface area contributed by atoms with Gasteiger partial charge in [-0.25, -0.2) is 0 Å². The number of likely N-dealkylation sites (tertiary alicyclic amines) is 1. The van der Waals surface area contributed by atoms with Gasteiger partial charge in [0.05, 0.1) is 6.10 Å². The zero-order chi connectivity index (χ0) is 23.7. The Labute approximate surface area is 202 Å². The maximum atomic E-state index is 10.5. The summed E-state index contributed by atoms with van der Waals surface area (Å²) < 4.78 is 6.51. The van der Waals surface area contributed by atoms with E-state index < -0.39 is 0 Å². The molecule has 1 saturated heterocycles. The van der Waals surface area contributed by atoms with Crippen molar-refractivity contribution in [3.63, 3.8) is 0 Å². The maximum Gasteiger partial charge on any atom is 0.124 e. The van der Waals surface area contributed by atoms with Crippen LogP contribution in [0.1, 0.15) is 102 Å². The van der Waals surface area contributed by atoms with Gasteiger partial charge >= 0.3 is 0 Å². The van der Waals surface area contributed by atoms with Crippen LogP contribution in [0.2, 0.25) is 0 Å². The van der Waals surface area contributed by atoms with Crippen LogP contribution in [-0.2, 0) is 12.0 Å². The second-order valence-electron chi connectivity index (χ2n) is 10.5. The van der Waals surface area contributed by atoms with Crippen LogP contribution in [-0.4, -0.2) is 29.2 Å². The minimum atomic E-state index is -0.236. The quantitative estimate of drug-likeness (QED) is 0.341. The third-order valence-electron chi connectivity index (χ3n) is 7.24. The summed E-state index contributed by atoms with van der Waals surface area (Å²) in [5.41, 5.74) is 3.88. The maximum absolute atomic E-state index is 10.5. The predicted octanol–water partition coefficient (Wildman–Crippen LogP) is 7.42. The van der Waals surface area contributed by atoms with Crippen molar-refractivity contribution >= 4 is 0 Å². The van der Waals surface area contributed by atoms with E-state index >= 15 is 0 Å². The highest BCUT2D eigenvalue weighted by Gasteiger charge is 2.31. The lowest BCUT2D eigenvalue weighted by Gasteiger charge is -2.39. The lowest BCUT2D eigenvalue weighted by Crippen LogP contribution is -2.39. The number of hydrogen-bond acceptors (Lipinski definition) is 3. The van der Waals surface area contributed by atoms with Gasteiger partial charge < -0.3 is 9.84 Å². The molecule has 2 atom stereocenters. The van der Waals surface area contributed by atoms with Gasteiger partial charge in [-0.15, -0.1) is 0 Å². The highest BCUT2D eigenvalue weighted by atomic mass is 16.5. The molecule has 3 rings (SSSR count). The summed E-state index contributed by atoms with van der Waals surface area (Å²) >= 11 is 0. The number of rotatable bonds is 12. The largest absolute Gasteiger partial charge is 0.489 e. The van der Waals surface area contributed by atoms with E-state index in [-0.39, 0.29) is 17.6 Å². The van der Waals surface area contributed by atoms with E-state index in [1.54, 1.807) is 0 Å². The van der Waals surface area contributed by atoms with Crippen LogP contribution in [0.4, 0.5) is 0 Å². The van der Waals surface area contributed by atoms with Crippen molar-refractivity contribution < 1.29 is 9.84 Å². The molecule has 3 heteroatoms. The molecule has 1 aliphatic heterocycles. The fourth-order valence-electron chi connectivity index (χ4n) is 5.10. The number of hydrogen-bond donors (Lipinski definition) is 1. The summed E-state index contributed by atoms with van der Waals surface area (Å²) in [6, 6.07) is 17.5. The molecule has 182 valence electrons. The van der Waals surface area contributed by atoms with Crippen molar-refractivity contribution in [2.75, 3.05) is 13.1 Å². The van der Waals surface area contributed by atoms with Gasteiger partial charge in [-0.1, -0.05) is 95.8 Å². The summed E-state index contributed by atoms with van der Waals surface area (Å²) in [5, 5.41) is 10.5. The minimum Gasteiger partial charge on any atom is -0.489 e. The molecule has 33 heavy (non-hydrogen) atoms. The molecule has 0 saturated carbocycles. The van der Waals surface area contributed by atoms with E-state index in [1.807, 2.05) is 6.07 Å². The molecule has 0 radical (unpaired) electrons. The van der Waals surface area contributed by atoms with Crippen molar-refractivity contribution in [1.82, 2.24) is 4.90 Å². The Morgan fingerprint density at radius 1 is 1.00 bits per heavy atom. The molecule has 1 fully saturated rings. The lowest BCUT2D eigenvalue weighted by atomic mass is 9.79. The molecular formula is C30H45NO2. The van der Waals surface area contributed by atoms with E-state index in [0.717, 1.165) is 38.1 Å². The van der Waals surface area contributed by atoms with Crippen molar-refractivity contribution in [3.8, 4) is 5.75 Å². The molecular weight excluding hydrogens is 406 g/mol. The molecule has 0 unspecified atom stereocenters. The average Bonchev–Trinajstić information content (AvgIpc) is 2.82. The van der Waals surface area contributed by atoms with E-state index in [1.165, 1.54) is 48.8 Å². The number of benzene rings is 2. The summed E-state index contributed by atoms with van der Waals surface area (Å²) in [6.07, 6.45) is 8.88. The van der Waals surface area contributed by atoms with E-state index in [4.69, 9.17) is 4.74 Å². The molecule has 1 aliphatic rings. The lowest BCUT2D eigenvalue weighted by molar-refractivity contribution is 0.0396. The molecule has 0 amide bonds. The highest BCUT2D eigenvalue weighted by Crippen LogP contribution is 2.40. The van der Waals surface area contributed by atoms with Gasteiger partial charge in [0.2, 0.25) is 0 Å². The number of unbranched alkanes of at least 4 members (excludes halogenated alkanes) is 3. The molecule has 0 aromatic heterocycles. The third kappa shape index (κ3) is 7.32. The Balaban J connectivity index is 1.88. The molecule has 1 N–H and O–H groups in total. The highest BCUT2D eigenvalue weighted by molar-refractivity contribution is 5.42. The second-order valence-corrected chi connectivity index (χ2v) is 10.5. The fraction of sp³-hybridized carbons (Fsp3) is 0.600. The summed E-state index contributed by atoms with van der Waals surface area (Å²) in [4.78, 5) is 2.53. The van der Waals surface area contributed by atoms with Crippen LogP contribution in [0.3, 0.4) is 0 Å². The number of nitrogens with zero attached hydrogens (tertiary/aromatic N) is 1. The standard InChI is InChI=1S/C30H45NO2/c1-5-7-8-12-18-30(3,4)25-15-16-27(28-22-26(32)17-20-31(28)19-6-2)29(21-25)33-23-24-13-10-9-11-14-24/h9-11,13-16,21,26,28,32H,5-8,12,17-20,22-23H2,1-4H3/t26-,28+/m0/s1. The molecule has 2 aromatic carbocycles. The Bertz CT molecular complexity index is 832. The normalized spacial score (nSPS) is 19.5. The van der Waals surface area contributed by atoms with Gasteiger partial charge in [0, 0.05) is 18.2 Å². The number of aliphatic hydroxyl groups excluding tert-OH is 1. The van der Waals surface area contributed by atoms with Crippen LogP contribution in [0.5, 0.6) is 5.75 Å².